The molecule has 26 heavy (non-hydrogen) atoms. The van der Waals surface area contributed by atoms with Gasteiger partial charge in [-0.1, -0.05) is 12.1 Å². The molecule has 6 nitrogen and oxygen atoms in total. The summed E-state index contributed by atoms with van der Waals surface area (Å²) in [7, 11) is 0. The van der Waals surface area contributed by atoms with E-state index < -0.39 is 16.8 Å². The Bertz CT molecular complexity index is 922. The van der Waals surface area contributed by atoms with Gasteiger partial charge in [-0.25, -0.2) is 4.39 Å². The summed E-state index contributed by atoms with van der Waals surface area (Å²) >= 11 is 7.05. The lowest BCUT2D eigenvalue weighted by Gasteiger charge is -2.25. The topological polar surface area (TPSA) is 66.7 Å². The van der Waals surface area contributed by atoms with E-state index in [0.29, 0.717) is 16.6 Å². The largest absolute Gasteiger partial charge is 0.319 e. The Morgan fingerprint density at radius 2 is 1.96 bits per heavy atom. The number of thioether (sulfide) groups is 1. The van der Waals surface area contributed by atoms with Crippen LogP contribution in [0, 0.1) is 15.9 Å². The molecular formula is C17H12FN3O3S2. The maximum absolute atomic E-state index is 13.2. The number of hydrogen-bond acceptors (Lipinski definition) is 5. The number of benzene rings is 2. The van der Waals surface area contributed by atoms with Crippen molar-refractivity contribution >= 4 is 46.4 Å². The first-order chi connectivity index (χ1) is 12.5. The molecular weight excluding hydrogens is 377 g/mol. The summed E-state index contributed by atoms with van der Waals surface area (Å²) in [6.07, 6.45) is 0. The van der Waals surface area contributed by atoms with Crippen LogP contribution in [0.15, 0.2) is 48.5 Å². The van der Waals surface area contributed by atoms with Gasteiger partial charge in [-0.15, -0.1) is 11.8 Å². The molecule has 0 aromatic heterocycles. The van der Waals surface area contributed by atoms with Crippen LogP contribution >= 0.6 is 24.0 Å². The van der Waals surface area contributed by atoms with E-state index in [4.69, 9.17) is 12.2 Å². The van der Waals surface area contributed by atoms with Gasteiger partial charge in [-0.3, -0.25) is 19.8 Å². The van der Waals surface area contributed by atoms with E-state index in [9.17, 15) is 19.3 Å². The molecule has 2 aliphatic rings. The summed E-state index contributed by atoms with van der Waals surface area (Å²) < 4.78 is 13.2. The molecule has 132 valence electrons. The van der Waals surface area contributed by atoms with Crippen LogP contribution in [0.25, 0.3) is 0 Å². The summed E-state index contributed by atoms with van der Waals surface area (Å²) in [5.74, 6) is -0.0248. The first-order valence-electron chi connectivity index (χ1n) is 7.75. The van der Waals surface area contributed by atoms with Crippen LogP contribution in [0.5, 0.6) is 0 Å². The molecule has 2 aliphatic heterocycles. The summed E-state index contributed by atoms with van der Waals surface area (Å²) in [4.78, 5) is 26.6. The molecule has 1 amide bonds. The minimum Gasteiger partial charge on any atom is -0.319 e. The van der Waals surface area contributed by atoms with Crippen LogP contribution < -0.4 is 4.90 Å². The van der Waals surface area contributed by atoms with Gasteiger partial charge in [0, 0.05) is 17.9 Å². The van der Waals surface area contributed by atoms with E-state index in [0.717, 1.165) is 5.56 Å². The molecule has 2 heterocycles. The normalized spacial score (nSPS) is 22.0. The van der Waals surface area contributed by atoms with Gasteiger partial charge in [0.2, 0.25) is 0 Å². The number of halogens is 1. The molecule has 2 aromatic carbocycles. The number of nitrogens with zero attached hydrogens (tertiary/aromatic N) is 3. The molecule has 4 rings (SSSR count). The van der Waals surface area contributed by atoms with Crippen molar-refractivity contribution in [1.29, 1.82) is 0 Å². The number of carbonyl (C=O) groups is 1. The second-order valence-corrected chi connectivity index (χ2v) is 7.37. The van der Waals surface area contributed by atoms with Gasteiger partial charge in [0.05, 0.1) is 10.6 Å². The van der Waals surface area contributed by atoms with E-state index in [2.05, 4.69) is 0 Å². The van der Waals surface area contributed by atoms with Gasteiger partial charge >= 0.3 is 0 Å². The fourth-order valence-electron chi connectivity index (χ4n) is 3.17. The number of nitro benzene ring substituents is 1. The van der Waals surface area contributed by atoms with Gasteiger partial charge in [-0.05, 0) is 42.0 Å². The second-order valence-electron chi connectivity index (χ2n) is 5.89. The molecule has 0 radical (unpaired) electrons. The van der Waals surface area contributed by atoms with Gasteiger partial charge in [0.25, 0.3) is 11.6 Å². The second kappa shape index (κ2) is 6.33. The van der Waals surface area contributed by atoms with E-state index in [1.165, 1.54) is 53.1 Å². The minimum atomic E-state index is -0.446. The summed E-state index contributed by atoms with van der Waals surface area (Å²) in [5, 5.41) is 11.1. The number of fused-ring (bicyclic) bond motifs is 1. The third kappa shape index (κ3) is 2.63. The Hall–Kier alpha value is -2.52. The molecule has 9 heteroatoms. The van der Waals surface area contributed by atoms with Crippen molar-refractivity contribution in [1.82, 2.24) is 4.90 Å². The predicted octanol–water partition coefficient (Wildman–Crippen LogP) is 3.48. The Kier molecular flexibility index (Phi) is 4.12. The number of amides is 1. The number of thiocarbonyl (C=S) groups is 1. The highest BCUT2D eigenvalue weighted by Crippen LogP contribution is 2.46. The zero-order valence-electron chi connectivity index (χ0n) is 13.2. The predicted molar refractivity (Wildman–Crippen MR) is 100 cm³/mol. The lowest BCUT2D eigenvalue weighted by molar-refractivity contribution is -0.384. The Morgan fingerprint density at radius 3 is 2.65 bits per heavy atom. The molecule has 2 fully saturated rings. The van der Waals surface area contributed by atoms with Crippen molar-refractivity contribution < 1.29 is 14.1 Å². The first-order valence-corrected chi connectivity index (χ1v) is 9.21. The number of carbonyl (C=O) groups excluding carboxylic acids is 1. The number of non-ortho nitro benzene ring substituents is 1. The van der Waals surface area contributed by atoms with Crippen molar-refractivity contribution in [2.24, 2.45) is 0 Å². The smallest absolute Gasteiger partial charge is 0.269 e. The van der Waals surface area contributed by atoms with E-state index in [1.54, 1.807) is 12.1 Å². The van der Waals surface area contributed by atoms with Crippen molar-refractivity contribution in [2.45, 2.75) is 11.4 Å². The monoisotopic (exact) mass is 389 g/mol. The molecule has 0 N–H and O–H groups in total. The fourth-order valence-corrected chi connectivity index (χ4v) is 5.07. The third-order valence-electron chi connectivity index (χ3n) is 4.37. The molecule has 0 spiro atoms. The van der Waals surface area contributed by atoms with Crippen LogP contribution in [0.2, 0.25) is 0 Å². The highest BCUT2D eigenvalue weighted by molar-refractivity contribution is 7.99. The number of anilines is 1. The van der Waals surface area contributed by atoms with Crippen LogP contribution in [-0.2, 0) is 4.79 Å². The van der Waals surface area contributed by atoms with Crippen LogP contribution in [-0.4, -0.2) is 32.6 Å². The summed E-state index contributed by atoms with van der Waals surface area (Å²) in [6, 6.07) is 11.5. The SMILES string of the molecule is O=C1C2CSC(c3cccc([N+](=O)[O-])c3)N2C(=S)N1c1ccc(F)cc1. The standard InChI is InChI=1S/C17H12FN3O3S2/c18-11-4-6-12(7-5-11)19-15(22)14-9-26-16(20(14)17(19)25)10-2-1-3-13(8-10)21(23)24/h1-8,14,16H,9H2. The van der Waals surface area contributed by atoms with E-state index in [1.807, 2.05) is 4.90 Å². The third-order valence-corrected chi connectivity index (χ3v) is 6.09. The highest BCUT2D eigenvalue weighted by Gasteiger charge is 2.50. The average Bonchev–Trinajstić information content (AvgIpc) is 3.17. The molecule has 0 aliphatic carbocycles. The van der Waals surface area contributed by atoms with Gasteiger partial charge in [-0.2, -0.15) is 0 Å². The van der Waals surface area contributed by atoms with Crippen LogP contribution in [0.4, 0.5) is 15.8 Å². The number of hydrogen-bond donors (Lipinski definition) is 0. The molecule has 0 saturated carbocycles. The summed E-state index contributed by atoms with van der Waals surface area (Å²) in [5.41, 5.74) is 1.24. The van der Waals surface area contributed by atoms with Crippen molar-refractivity contribution in [3.8, 4) is 0 Å². The Balaban J connectivity index is 1.68. The lowest BCUT2D eigenvalue weighted by Crippen LogP contribution is -2.33. The average molecular weight is 389 g/mol. The maximum atomic E-state index is 13.2. The van der Waals surface area contributed by atoms with Crippen molar-refractivity contribution in [2.75, 3.05) is 10.7 Å². The minimum absolute atomic E-state index is 0.00150. The zero-order valence-corrected chi connectivity index (χ0v) is 14.9. The maximum Gasteiger partial charge on any atom is 0.269 e. The highest BCUT2D eigenvalue weighted by atomic mass is 32.2. The van der Waals surface area contributed by atoms with Crippen LogP contribution in [0.3, 0.4) is 0 Å². The number of nitro groups is 1. The molecule has 2 aromatic rings. The van der Waals surface area contributed by atoms with E-state index in [-0.39, 0.29) is 17.0 Å². The lowest BCUT2D eigenvalue weighted by atomic mass is 10.1. The van der Waals surface area contributed by atoms with Gasteiger partial charge in [0.1, 0.15) is 17.2 Å². The quantitative estimate of drug-likeness (QED) is 0.455. The van der Waals surface area contributed by atoms with Crippen molar-refractivity contribution in [3.05, 3.63) is 70.0 Å². The first kappa shape index (κ1) is 16.9. The molecule has 0 bridgehead atoms. The van der Waals surface area contributed by atoms with E-state index >= 15 is 0 Å². The van der Waals surface area contributed by atoms with Crippen LogP contribution in [0.1, 0.15) is 10.9 Å². The van der Waals surface area contributed by atoms with Crippen molar-refractivity contribution in [3.63, 3.8) is 0 Å². The fraction of sp³-hybridized carbons (Fsp3) is 0.176. The Labute approximate surface area is 157 Å². The zero-order chi connectivity index (χ0) is 18.4. The molecule has 2 unspecified atom stereocenters. The Morgan fingerprint density at radius 1 is 1.23 bits per heavy atom. The molecule has 2 saturated heterocycles. The summed E-state index contributed by atoms with van der Waals surface area (Å²) in [6.45, 7) is 0. The number of rotatable bonds is 3. The molecule has 2 atom stereocenters. The van der Waals surface area contributed by atoms with Gasteiger partial charge in [0.15, 0.2) is 5.11 Å². The van der Waals surface area contributed by atoms with Gasteiger partial charge < -0.3 is 4.90 Å².